The van der Waals surface area contributed by atoms with Crippen LogP contribution < -0.4 is 10.5 Å². The Balaban J connectivity index is 2.48. The Bertz CT molecular complexity index is 681. The Morgan fingerprint density at radius 3 is 2.67 bits per heavy atom. The van der Waals surface area contributed by atoms with Gasteiger partial charge in [0.2, 0.25) is 11.8 Å². The van der Waals surface area contributed by atoms with E-state index in [1.54, 1.807) is 6.92 Å². The van der Waals surface area contributed by atoms with Crippen molar-refractivity contribution in [1.29, 1.82) is 0 Å². The molecule has 2 aromatic heterocycles. The lowest BCUT2D eigenvalue weighted by Crippen LogP contribution is -2.17. The summed E-state index contributed by atoms with van der Waals surface area (Å²) >= 11 is 0. The number of nitrogens with one attached hydrogen (secondary N) is 1. The van der Waals surface area contributed by atoms with Gasteiger partial charge in [-0.3, -0.25) is 5.10 Å². The quantitative estimate of drug-likeness (QED) is 0.348. The van der Waals surface area contributed by atoms with Gasteiger partial charge in [-0.1, -0.05) is 5.16 Å². The summed E-state index contributed by atoms with van der Waals surface area (Å²) in [6.45, 7) is 1.68. The van der Waals surface area contributed by atoms with Crippen molar-refractivity contribution in [2.75, 3.05) is 0 Å². The number of hydrogen-bond acceptors (Lipinski definition) is 5. The molecule has 0 amide bonds. The molecule has 112 valence electrons. The second-order valence-electron chi connectivity index (χ2n) is 4.02. The molecule has 0 aliphatic rings. The number of rotatable bonds is 3. The maximum Gasteiger partial charge on any atom is 0.433 e. The molecule has 2 rings (SSSR count). The van der Waals surface area contributed by atoms with Crippen molar-refractivity contribution in [3.05, 3.63) is 35.2 Å². The van der Waals surface area contributed by atoms with Crippen LogP contribution in [0.25, 0.3) is 0 Å². The van der Waals surface area contributed by atoms with Gasteiger partial charge in [0.1, 0.15) is 5.69 Å². The van der Waals surface area contributed by atoms with Crippen LogP contribution >= 0.6 is 0 Å². The molecule has 4 N–H and O–H groups in total. The normalized spacial score (nSPS) is 12.5. The minimum absolute atomic E-state index is 0.00585. The Morgan fingerprint density at radius 1 is 1.43 bits per heavy atom. The van der Waals surface area contributed by atoms with Gasteiger partial charge >= 0.3 is 6.18 Å². The number of alkyl halides is 3. The number of amidine groups is 1. The topological polar surface area (TPSA) is 109 Å². The summed E-state index contributed by atoms with van der Waals surface area (Å²) in [5.41, 5.74) is 4.77. The van der Waals surface area contributed by atoms with Crippen LogP contribution in [0.5, 0.6) is 11.8 Å². The maximum absolute atomic E-state index is 12.7. The average Bonchev–Trinajstić information content (AvgIpc) is 2.82. The number of oxime groups is 1. The van der Waals surface area contributed by atoms with Crippen LogP contribution in [0, 0.1) is 6.92 Å². The molecular weight excluding hydrogens is 291 g/mol. The molecule has 0 spiro atoms. The van der Waals surface area contributed by atoms with E-state index in [1.165, 1.54) is 6.07 Å². The summed E-state index contributed by atoms with van der Waals surface area (Å²) in [4.78, 5) is 3.34. The Hall–Kier alpha value is -2.78. The highest BCUT2D eigenvalue weighted by Crippen LogP contribution is 2.31. The minimum atomic E-state index is -4.65. The Kier molecular flexibility index (Phi) is 3.70. The lowest BCUT2D eigenvalue weighted by Gasteiger charge is -2.11. The SMILES string of the molecule is Cc1cc(Oc2nc(C(F)(F)F)ccc2/C(N)=N/O)n[nH]1. The highest BCUT2D eigenvalue weighted by atomic mass is 19.4. The molecule has 0 saturated carbocycles. The number of hydrogen-bond donors (Lipinski definition) is 3. The molecule has 0 unspecified atom stereocenters. The first-order chi connectivity index (χ1) is 9.81. The van der Waals surface area contributed by atoms with E-state index < -0.39 is 23.6 Å². The molecule has 0 radical (unpaired) electrons. The van der Waals surface area contributed by atoms with Crippen LogP contribution in [-0.2, 0) is 6.18 Å². The number of aryl methyl sites for hydroxylation is 1. The highest BCUT2D eigenvalue weighted by molar-refractivity contribution is 5.99. The summed E-state index contributed by atoms with van der Waals surface area (Å²) in [6, 6.07) is 3.16. The standard InChI is InChI=1S/C11H10F3N5O2/c1-5-4-8(18-17-5)21-10-6(9(15)19-20)2-3-7(16-10)11(12,13)14/h2-4,20H,1H3,(H2,15,19)(H,17,18). The molecule has 0 fully saturated rings. The number of ether oxygens (including phenoxy) is 1. The van der Waals surface area contributed by atoms with Gasteiger partial charge in [-0.25, -0.2) is 4.98 Å². The summed E-state index contributed by atoms with van der Waals surface area (Å²) in [7, 11) is 0. The van der Waals surface area contributed by atoms with Crippen LogP contribution in [-0.4, -0.2) is 26.2 Å². The molecular formula is C11H10F3N5O2. The van der Waals surface area contributed by atoms with Crippen molar-refractivity contribution in [1.82, 2.24) is 15.2 Å². The summed E-state index contributed by atoms with van der Waals surface area (Å²) in [5.74, 6) is -0.892. The van der Waals surface area contributed by atoms with Crippen molar-refractivity contribution in [3.63, 3.8) is 0 Å². The first-order valence-corrected chi connectivity index (χ1v) is 5.57. The Labute approximate surface area is 116 Å². The predicted molar refractivity (Wildman–Crippen MR) is 65.1 cm³/mol. The largest absolute Gasteiger partial charge is 0.433 e. The molecule has 0 aromatic carbocycles. The number of aromatic nitrogens is 3. The zero-order chi connectivity index (χ0) is 15.6. The molecule has 2 heterocycles. The smallest absolute Gasteiger partial charge is 0.418 e. The number of nitrogens with zero attached hydrogens (tertiary/aromatic N) is 3. The van der Waals surface area contributed by atoms with E-state index >= 15 is 0 Å². The summed E-state index contributed by atoms with van der Waals surface area (Å²) in [5, 5.41) is 17.6. The third-order valence-corrected chi connectivity index (χ3v) is 2.42. The zero-order valence-electron chi connectivity index (χ0n) is 10.6. The summed E-state index contributed by atoms with van der Waals surface area (Å²) in [6.07, 6.45) is -4.65. The fourth-order valence-corrected chi connectivity index (χ4v) is 1.47. The number of nitrogens with two attached hydrogens (primary N) is 1. The minimum Gasteiger partial charge on any atom is -0.418 e. The lowest BCUT2D eigenvalue weighted by molar-refractivity contribution is -0.141. The number of pyridine rings is 1. The third-order valence-electron chi connectivity index (χ3n) is 2.42. The first-order valence-electron chi connectivity index (χ1n) is 5.57. The van der Waals surface area contributed by atoms with Gasteiger partial charge in [0.25, 0.3) is 0 Å². The second-order valence-corrected chi connectivity index (χ2v) is 4.02. The van der Waals surface area contributed by atoms with Crippen molar-refractivity contribution < 1.29 is 23.1 Å². The Morgan fingerprint density at radius 2 is 2.14 bits per heavy atom. The zero-order valence-corrected chi connectivity index (χ0v) is 10.6. The second kappa shape index (κ2) is 5.31. The molecule has 2 aromatic rings. The summed E-state index contributed by atoms with van der Waals surface area (Å²) < 4.78 is 43.2. The van der Waals surface area contributed by atoms with Gasteiger partial charge < -0.3 is 15.7 Å². The van der Waals surface area contributed by atoms with Gasteiger partial charge in [-0.2, -0.15) is 13.2 Å². The van der Waals surface area contributed by atoms with Gasteiger partial charge in [0, 0.05) is 11.8 Å². The fourth-order valence-electron chi connectivity index (χ4n) is 1.47. The van der Waals surface area contributed by atoms with Crippen LogP contribution in [0.4, 0.5) is 13.2 Å². The lowest BCUT2D eigenvalue weighted by atomic mass is 10.2. The van der Waals surface area contributed by atoms with E-state index in [2.05, 4.69) is 20.3 Å². The molecule has 0 atom stereocenters. The van der Waals surface area contributed by atoms with Gasteiger partial charge in [0.15, 0.2) is 5.84 Å². The molecule has 10 heteroatoms. The monoisotopic (exact) mass is 301 g/mol. The first kappa shape index (κ1) is 14.6. The van der Waals surface area contributed by atoms with Crippen molar-refractivity contribution in [2.45, 2.75) is 13.1 Å². The maximum atomic E-state index is 12.7. The van der Waals surface area contributed by atoms with E-state index in [4.69, 9.17) is 15.7 Å². The molecule has 7 nitrogen and oxygen atoms in total. The predicted octanol–water partition coefficient (Wildman–Crippen LogP) is 2.02. The van der Waals surface area contributed by atoms with E-state index in [0.29, 0.717) is 11.8 Å². The van der Waals surface area contributed by atoms with Crippen LogP contribution in [0.2, 0.25) is 0 Å². The number of halogens is 3. The highest BCUT2D eigenvalue weighted by Gasteiger charge is 2.33. The number of aromatic amines is 1. The average molecular weight is 301 g/mol. The van der Waals surface area contributed by atoms with E-state index in [9.17, 15) is 13.2 Å². The molecule has 0 saturated heterocycles. The van der Waals surface area contributed by atoms with Crippen LogP contribution in [0.15, 0.2) is 23.4 Å². The molecule has 0 aliphatic carbocycles. The van der Waals surface area contributed by atoms with E-state index in [1.807, 2.05) is 0 Å². The van der Waals surface area contributed by atoms with Gasteiger partial charge in [-0.05, 0) is 19.1 Å². The molecule has 0 bridgehead atoms. The van der Waals surface area contributed by atoms with E-state index in [0.717, 1.165) is 6.07 Å². The van der Waals surface area contributed by atoms with Gasteiger partial charge in [0.05, 0.1) is 5.56 Å². The molecule has 0 aliphatic heterocycles. The van der Waals surface area contributed by atoms with Crippen molar-refractivity contribution in [2.24, 2.45) is 10.9 Å². The fraction of sp³-hybridized carbons (Fsp3) is 0.182. The molecule has 21 heavy (non-hydrogen) atoms. The van der Waals surface area contributed by atoms with Crippen molar-refractivity contribution in [3.8, 4) is 11.8 Å². The van der Waals surface area contributed by atoms with E-state index in [-0.39, 0.29) is 11.4 Å². The third kappa shape index (κ3) is 3.22. The van der Waals surface area contributed by atoms with Crippen LogP contribution in [0.3, 0.4) is 0 Å². The number of H-pyrrole nitrogens is 1. The van der Waals surface area contributed by atoms with Crippen molar-refractivity contribution >= 4 is 5.84 Å². The van der Waals surface area contributed by atoms with Crippen LogP contribution in [0.1, 0.15) is 17.0 Å². The van der Waals surface area contributed by atoms with Gasteiger partial charge in [-0.15, -0.1) is 5.10 Å².